The quantitative estimate of drug-likeness (QED) is 0.780. The van der Waals surface area contributed by atoms with Crippen molar-refractivity contribution in [2.75, 3.05) is 19.0 Å². The van der Waals surface area contributed by atoms with Crippen LogP contribution in [0.25, 0.3) is 10.6 Å². The third-order valence-corrected chi connectivity index (χ3v) is 4.30. The minimum Gasteiger partial charge on any atom is -0.378 e. The average Bonchev–Trinajstić information content (AvgIpc) is 3.23. The number of thiophene rings is 1. The Morgan fingerprint density at radius 1 is 1.26 bits per heavy atom. The van der Waals surface area contributed by atoms with Gasteiger partial charge in [0.05, 0.1) is 4.88 Å². The second kappa shape index (κ2) is 6.66. The molecule has 1 aromatic carbocycles. The molecule has 0 bridgehead atoms. The van der Waals surface area contributed by atoms with Gasteiger partial charge in [-0.3, -0.25) is 4.79 Å². The minimum absolute atomic E-state index is 0.242. The standard InChI is InChI=1S/C17H17N3O2S/c1-20(2)13-7-5-12(6-8-13)11-18-17(21)14-10-15(22-19-14)16-4-3-9-23-16/h3-10H,11H2,1-2H3,(H,18,21). The number of carbonyl (C=O) groups is 1. The molecule has 0 aliphatic carbocycles. The molecule has 0 radical (unpaired) electrons. The number of carbonyl (C=O) groups excluding carboxylic acids is 1. The van der Waals surface area contributed by atoms with E-state index in [1.165, 1.54) is 0 Å². The van der Waals surface area contributed by atoms with Crippen molar-refractivity contribution in [1.82, 2.24) is 10.5 Å². The molecule has 2 heterocycles. The third-order valence-electron chi connectivity index (χ3n) is 3.41. The highest BCUT2D eigenvalue weighted by atomic mass is 32.1. The van der Waals surface area contributed by atoms with Gasteiger partial charge in [-0.05, 0) is 29.1 Å². The van der Waals surface area contributed by atoms with E-state index in [1.807, 2.05) is 60.8 Å². The van der Waals surface area contributed by atoms with E-state index in [2.05, 4.69) is 10.5 Å². The van der Waals surface area contributed by atoms with Gasteiger partial charge in [-0.15, -0.1) is 11.3 Å². The Balaban J connectivity index is 1.61. The van der Waals surface area contributed by atoms with Gasteiger partial charge in [-0.1, -0.05) is 23.4 Å². The first-order valence-corrected chi connectivity index (χ1v) is 8.06. The molecule has 23 heavy (non-hydrogen) atoms. The molecule has 3 rings (SSSR count). The Morgan fingerprint density at radius 2 is 2.04 bits per heavy atom. The van der Waals surface area contributed by atoms with Crippen LogP contribution < -0.4 is 10.2 Å². The highest BCUT2D eigenvalue weighted by Crippen LogP contribution is 2.25. The molecule has 0 aliphatic heterocycles. The summed E-state index contributed by atoms with van der Waals surface area (Å²) in [5.74, 6) is 0.369. The van der Waals surface area contributed by atoms with Crippen LogP contribution in [0.3, 0.4) is 0 Å². The van der Waals surface area contributed by atoms with Gasteiger partial charge in [-0.25, -0.2) is 0 Å². The fourth-order valence-electron chi connectivity index (χ4n) is 2.10. The van der Waals surface area contributed by atoms with Crippen molar-refractivity contribution in [2.24, 2.45) is 0 Å². The molecule has 0 fully saturated rings. The van der Waals surface area contributed by atoms with Crippen LogP contribution >= 0.6 is 11.3 Å². The monoisotopic (exact) mass is 327 g/mol. The summed E-state index contributed by atoms with van der Waals surface area (Å²) in [7, 11) is 3.99. The fraction of sp³-hybridized carbons (Fsp3) is 0.176. The van der Waals surface area contributed by atoms with E-state index in [0.717, 1.165) is 16.1 Å². The maximum absolute atomic E-state index is 12.1. The first-order valence-electron chi connectivity index (χ1n) is 7.18. The molecule has 0 spiro atoms. The zero-order valence-electron chi connectivity index (χ0n) is 12.9. The number of nitrogens with zero attached hydrogens (tertiary/aromatic N) is 2. The lowest BCUT2D eigenvalue weighted by Gasteiger charge is -2.12. The lowest BCUT2D eigenvalue weighted by atomic mass is 10.2. The number of nitrogens with one attached hydrogen (secondary N) is 1. The smallest absolute Gasteiger partial charge is 0.273 e. The Labute approximate surface area is 138 Å². The Bertz CT molecular complexity index is 777. The molecule has 118 valence electrons. The summed E-state index contributed by atoms with van der Waals surface area (Å²) in [6, 6.07) is 13.6. The van der Waals surface area contributed by atoms with Gasteiger partial charge in [-0.2, -0.15) is 0 Å². The lowest BCUT2D eigenvalue weighted by molar-refractivity contribution is 0.0942. The molecule has 3 aromatic rings. The van der Waals surface area contributed by atoms with E-state index in [1.54, 1.807) is 17.4 Å². The second-order valence-corrected chi connectivity index (χ2v) is 6.24. The van der Waals surface area contributed by atoms with Crippen LogP contribution in [0.4, 0.5) is 5.69 Å². The zero-order chi connectivity index (χ0) is 16.2. The van der Waals surface area contributed by atoms with Gasteiger partial charge in [0.25, 0.3) is 5.91 Å². The van der Waals surface area contributed by atoms with Gasteiger partial charge < -0.3 is 14.7 Å². The number of hydrogen-bond donors (Lipinski definition) is 1. The van der Waals surface area contributed by atoms with Gasteiger partial charge in [0.2, 0.25) is 0 Å². The third kappa shape index (κ3) is 3.60. The van der Waals surface area contributed by atoms with Crippen LogP contribution in [-0.2, 0) is 6.54 Å². The van der Waals surface area contributed by atoms with Crippen molar-refractivity contribution in [3.05, 3.63) is 59.1 Å². The van der Waals surface area contributed by atoms with Gasteiger partial charge in [0.15, 0.2) is 11.5 Å². The van der Waals surface area contributed by atoms with Crippen LogP contribution in [0, 0.1) is 0 Å². The van der Waals surface area contributed by atoms with E-state index in [4.69, 9.17) is 4.52 Å². The van der Waals surface area contributed by atoms with Crippen molar-refractivity contribution >= 4 is 22.9 Å². The Morgan fingerprint density at radius 3 is 2.70 bits per heavy atom. The molecule has 1 N–H and O–H groups in total. The summed E-state index contributed by atoms with van der Waals surface area (Å²) in [6.07, 6.45) is 0. The van der Waals surface area contributed by atoms with E-state index >= 15 is 0 Å². The summed E-state index contributed by atoms with van der Waals surface area (Å²) in [5, 5.41) is 8.64. The van der Waals surface area contributed by atoms with Crippen LogP contribution in [0.5, 0.6) is 0 Å². The normalized spacial score (nSPS) is 10.5. The Hall–Kier alpha value is -2.60. The zero-order valence-corrected chi connectivity index (χ0v) is 13.8. The van der Waals surface area contributed by atoms with Crippen LogP contribution in [-0.4, -0.2) is 25.2 Å². The molecule has 0 saturated carbocycles. The van der Waals surface area contributed by atoms with Gasteiger partial charge in [0.1, 0.15) is 0 Å². The maximum Gasteiger partial charge on any atom is 0.273 e. The van der Waals surface area contributed by atoms with Crippen LogP contribution in [0.2, 0.25) is 0 Å². The maximum atomic E-state index is 12.1. The lowest BCUT2D eigenvalue weighted by Crippen LogP contribution is -2.23. The predicted octanol–water partition coefficient (Wildman–Crippen LogP) is 3.40. The van der Waals surface area contributed by atoms with E-state index in [-0.39, 0.29) is 5.91 Å². The van der Waals surface area contributed by atoms with Gasteiger partial charge >= 0.3 is 0 Å². The van der Waals surface area contributed by atoms with Crippen molar-refractivity contribution in [1.29, 1.82) is 0 Å². The molecule has 0 atom stereocenters. The molecule has 0 unspecified atom stereocenters. The van der Waals surface area contributed by atoms with Crippen molar-refractivity contribution in [2.45, 2.75) is 6.54 Å². The number of anilines is 1. The number of aromatic nitrogens is 1. The largest absolute Gasteiger partial charge is 0.378 e. The number of amides is 1. The molecule has 0 aliphatic rings. The number of benzene rings is 1. The molecular weight excluding hydrogens is 310 g/mol. The first kappa shape index (κ1) is 15.3. The summed E-state index contributed by atoms with van der Waals surface area (Å²) < 4.78 is 5.22. The highest BCUT2D eigenvalue weighted by Gasteiger charge is 2.13. The molecule has 0 saturated heterocycles. The molecule has 1 amide bonds. The minimum atomic E-state index is -0.242. The van der Waals surface area contributed by atoms with Crippen molar-refractivity contribution in [3.63, 3.8) is 0 Å². The first-order chi connectivity index (χ1) is 11.1. The number of hydrogen-bond acceptors (Lipinski definition) is 5. The van der Waals surface area contributed by atoms with Crippen molar-refractivity contribution in [3.8, 4) is 10.6 Å². The SMILES string of the molecule is CN(C)c1ccc(CNC(=O)c2cc(-c3cccs3)on2)cc1. The predicted molar refractivity (Wildman–Crippen MR) is 91.8 cm³/mol. The van der Waals surface area contributed by atoms with Crippen molar-refractivity contribution < 1.29 is 9.32 Å². The molecule has 5 nitrogen and oxygen atoms in total. The van der Waals surface area contributed by atoms with Gasteiger partial charge in [0, 0.05) is 32.4 Å². The number of rotatable bonds is 5. The van der Waals surface area contributed by atoms with E-state index < -0.39 is 0 Å². The molecule has 2 aromatic heterocycles. The van der Waals surface area contributed by atoms with Crippen LogP contribution in [0.1, 0.15) is 16.1 Å². The summed E-state index contributed by atoms with van der Waals surface area (Å²) in [4.78, 5) is 15.1. The average molecular weight is 327 g/mol. The second-order valence-electron chi connectivity index (χ2n) is 5.30. The van der Waals surface area contributed by atoms with E-state index in [0.29, 0.717) is 18.0 Å². The summed E-state index contributed by atoms with van der Waals surface area (Å²) in [5.41, 5.74) is 2.45. The highest BCUT2D eigenvalue weighted by molar-refractivity contribution is 7.13. The summed E-state index contributed by atoms with van der Waals surface area (Å²) in [6.45, 7) is 0.452. The Kier molecular flexibility index (Phi) is 4.43. The van der Waals surface area contributed by atoms with Crippen LogP contribution in [0.15, 0.2) is 52.4 Å². The van der Waals surface area contributed by atoms with E-state index in [9.17, 15) is 4.79 Å². The summed E-state index contributed by atoms with van der Waals surface area (Å²) >= 11 is 1.55. The fourth-order valence-corrected chi connectivity index (χ4v) is 2.78. The topological polar surface area (TPSA) is 58.4 Å². The molecule has 6 heteroatoms. The molecular formula is C17H17N3O2S.